The van der Waals surface area contributed by atoms with Crippen molar-refractivity contribution in [3.63, 3.8) is 0 Å². The van der Waals surface area contributed by atoms with Crippen LogP contribution in [-0.4, -0.2) is 59.6 Å². The van der Waals surface area contributed by atoms with Crippen LogP contribution in [0, 0.1) is 0 Å². The molecule has 2 saturated heterocycles. The molecule has 7 nitrogen and oxygen atoms in total. The number of para-hydroxylation sites is 1. The van der Waals surface area contributed by atoms with Gasteiger partial charge in [-0.1, -0.05) is 23.7 Å². The van der Waals surface area contributed by atoms with Gasteiger partial charge in [0.15, 0.2) is 5.78 Å². The molecule has 5 rings (SSSR count). The summed E-state index contributed by atoms with van der Waals surface area (Å²) in [4.78, 5) is 31.6. The monoisotopic (exact) mass is 442 g/mol. The Morgan fingerprint density at radius 2 is 2.06 bits per heavy atom. The van der Waals surface area contributed by atoms with Gasteiger partial charge in [0, 0.05) is 38.5 Å². The van der Waals surface area contributed by atoms with E-state index in [2.05, 4.69) is 4.98 Å². The van der Waals surface area contributed by atoms with E-state index < -0.39 is 5.60 Å². The van der Waals surface area contributed by atoms with E-state index in [1.54, 1.807) is 17.0 Å². The number of ether oxygens (including phenoxy) is 3. The highest BCUT2D eigenvalue weighted by molar-refractivity contribution is 6.32. The normalized spacial score (nSPS) is 22.2. The van der Waals surface area contributed by atoms with Crippen LogP contribution in [0.25, 0.3) is 0 Å². The molecule has 3 aliphatic heterocycles. The molecule has 0 saturated carbocycles. The average molecular weight is 443 g/mol. The molecule has 1 spiro atoms. The Morgan fingerprint density at radius 1 is 1.26 bits per heavy atom. The summed E-state index contributed by atoms with van der Waals surface area (Å²) in [7, 11) is 0. The minimum absolute atomic E-state index is 0.0619. The fraction of sp³-hybridized carbons (Fsp3) is 0.435. The molecule has 0 N–H and O–H groups in total. The largest absolute Gasteiger partial charge is 0.486 e. The van der Waals surface area contributed by atoms with Gasteiger partial charge in [0.1, 0.15) is 22.5 Å². The lowest BCUT2D eigenvalue weighted by atomic mass is 9.82. The van der Waals surface area contributed by atoms with Gasteiger partial charge in [-0.3, -0.25) is 9.59 Å². The number of fused-ring (bicyclic) bond motifs is 1. The van der Waals surface area contributed by atoms with Crippen LogP contribution >= 0.6 is 11.6 Å². The molecular weight excluding hydrogens is 420 g/mol. The second-order valence-corrected chi connectivity index (χ2v) is 8.70. The zero-order chi connectivity index (χ0) is 21.4. The Kier molecular flexibility index (Phi) is 5.32. The number of Topliss-reactive ketones (excluding diaryl/α,β-unsaturated/α-hetero) is 1. The van der Waals surface area contributed by atoms with Gasteiger partial charge in [-0.15, -0.1) is 0 Å². The topological polar surface area (TPSA) is 78.0 Å². The molecule has 0 bridgehead atoms. The van der Waals surface area contributed by atoms with Crippen LogP contribution in [0.3, 0.4) is 0 Å². The van der Waals surface area contributed by atoms with Crippen LogP contribution in [0.2, 0.25) is 5.02 Å². The Hall–Kier alpha value is -2.64. The number of amides is 1. The number of hydrogen-bond donors (Lipinski definition) is 0. The van der Waals surface area contributed by atoms with Crippen LogP contribution in [-0.2, 0) is 4.74 Å². The number of hydrogen-bond acceptors (Lipinski definition) is 6. The molecule has 162 valence electrons. The van der Waals surface area contributed by atoms with E-state index in [4.69, 9.17) is 25.8 Å². The standard InChI is InChI=1S/C23H23ClN2O5/c24-18-11-15(13-25-21(18)30-16-5-10-29-14-16)22(28)26-8-6-23(7-9-26)12-19(27)17-3-1-2-4-20(17)31-23/h1-4,11,13,16H,5-10,12,14H2. The van der Waals surface area contributed by atoms with E-state index in [1.807, 2.05) is 18.2 Å². The predicted octanol–water partition coefficient (Wildman–Crippen LogP) is 3.54. The van der Waals surface area contributed by atoms with E-state index >= 15 is 0 Å². The molecule has 2 aromatic rings. The van der Waals surface area contributed by atoms with Crippen molar-refractivity contribution in [1.29, 1.82) is 0 Å². The van der Waals surface area contributed by atoms with Crippen molar-refractivity contribution in [1.82, 2.24) is 9.88 Å². The van der Waals surface area contributed by atoms with Crippen molar-refractivity contribution in [2.75, 3.05) is 26.3 Å². The molecule has 1 atom stereocenters. The lowest BCUT2D eigenvalue weighted by molar-refractivity contribution is -0.00571. The first-order valence-electron chi connectivity index (χ1n) is 10.5. The highest BCUT2D eigenvalue weighted by Gasteiger charge is 2.43. The number of carbonyl (C=O) groups is 2. The van der Waals surface area contributed by atoms with Crippen molar-refractivity contribution in [2.24, 2.45) is 0 Å². The molecule has 1 aromatic heterocycles. The summed E-state index contributed by atoms with van der Waals surface area (Å²) in [6.45, 7) is 2.19. The number of aromatic nitrogens is 1. The third-order valence-corrected chi connectivity index (χ3v) is 6.45. The maximum Gasteiger partial charge on any atom is 0.255 e. The zero-order valence-corrected chi connectivity index (χ0v) is 17.8. The van der Waals surface area contributed by atoms with Gasteiger partial charge in [0.2, 0.25) is 5.88 Å². The smallest absolute Gasteiger partial charge is 0.255 e. The van der Waals surface area contributed by atoms with Crippen LogP contribution in [0.15, 0.2) is 36.5 Å². The van der Waals surface area contributed by atoms with Gasteiger partial charge < -0.3 is 19.1 Å². The molecule has 0 aliphatic carbocycles. The van der Waals surface area contributed by atoms with Crippen molar-refractivity contribution in [3.05, 3.63) is 52.7 Å². The molecule has 2 fully saturated rings. The number of pyridine rings is 1. The van der Waals surface area contributed by atoms with Crippen molar-refractivity contribution < 1.29 is 23.8 Å². The Bertz CT molecular complexity index is 1010. The zero-order valence-electron chi connectivity index (χ0n) is 17.0. The highest BCUT2D eigenvalue weighted by Crippen LogP contribution is 2.39. The summed E-state index contributed by atoms with van der Waals surface area (Å²) >= 11 is 6.31. The number of ketones is 1. The van der Waals surface area contributed by atoms with Gasteiger partial charge in [-0.2, -0.15) is 0 Å². The fourth-order valence-electron chi connectivity index (χ4n) is 4.41. The third kappa shape index (κ3) is 4.00. The first-order valence-corrected chi connectivity index (χ1v) is 10.9. The van der Waals surface area contributed by atoms with Crippen LogP contribution in [0.4, 0.5) is 0 Å². The highest BCUT2D eigenvalue weighted by atomic mass is 35.5. The number of nitrogens with zero attached hydrogens (tertiary/aromatic N) is 2. The predicted molar refractivity (Wildman–Crippen MR) is 113 cm³/mol. The maximum atomic E-state index is 13.0. The molecule has 31 heavy (non-hydrogen) atoms. The van der Waals surface area contributed by atoms with Crippen molar-refractivity contribution in [3.8, 4) is 11.6 Å². The average Bonchev–Trinajstić information content (AvgIpc) is 3.28. The summed E-state index contributed by atoms with van der Waals surface area (Å²) in [6, 6.07) is 8.95. The van der Waals surface area contributed by atoms with E-state index in [0.717, 1.165) is 6.42 Å². The molecule has 1 unspecified atom stereocenters. The van der Waals surface area contributed by atoms with Crippen LogP contribution in [0.5, 0.6) is 11.6 Å². The van der Waals surface area contributed by atoms with E-state index in [1.165, 1.54) is 6.20 Å². The van der Waals surface area contributed by atoms with Crippen molar-refractivity contribution in [2.45, 2.75) is 37.4 Å². The molecule has 4 heterocycles. The second-order valence-electron chi connectivity index (χ2n) is 8.29. The van der Waals surface area contributed by atoms with Gasteiger partial charge in [0.05, 0.1) is 30.8 Å². The van der Waals surface area contributed by atoms with E-state index in [9.17, 15) is 9.59 Å². The summed E-state index contributed by atoms with van der Waals surface area (Å²) in [5, 5.41) is 0.309. The van der Waals surface area contributed by atoms with Gasteiger partial charge in [0.25, 0.3) is 5.91 Å². The van der Waals surface area contributed by atoms with E-state index in [0.29, 0.717) is 73.3 Å². The molecule has 8 heteroatoms. The lowest BCUT2D eigenvalue weighted by Gasteiger charge is -2.43. The van der Waals surface area contributed by atoms with Gasteiger partial charge in [-0.05, 0) is 18.2 Å². The molecular formula is C23H23ClN2O5. The number of halogens is 1. The molecule has 3 aliphatic rings. The summed E-state index contributed by atoms with van der Waals surface area (Å²) in [5.74, 6) is 0.917. The minimum Gasteiger partial charge on any atom is -0.486 e. The molecule has 1 aromatic carbocycles. The van der Waals surface area contributed by atoms with Gasteiger partial charge >= 0.3 is 0 Å². The number of carbonyl (C=O) groups excluding carboxylic acids is 2. The Balaban J connectivity index is 1.24. The molecule has 1 amide bonds. The number of rotatable bonds is 3. The minimum atomic E-state index is -0.542. The second kappa shape index (κ2) is 8.13. The Morgan fingerprint density at radius 3 is 2.81 bits per heavy atom. The van der Waals surface area contributed by atoms with Gasteiger partial charge in [-0.25, -0.2) is 4.98 Å². The lowest BCUT2D eigenvalue weighted by Crippen LogP contribution is -2.52. The molecule has 0 radical (unpaired) electrons. The first kappa shape index (κ1) is 20.3. The Labute approximate surface area is 185 Å². The summed E-state index contributed by atoms with van der Waals surface area (Å²) < 4.78 is 17.3. The third-order valence-electron chi connectivity index (χ3n) is 6.18. The van der Waals surface area contributed by atoms with Crippen LogP contribution in [0.1, 0.15) is 46.4 Å². The fourth-order valence-corrected chi connectivity index (χ4v) is 4.63. The summed E-state index contributed by atoms with van der Waals surface area (Å²) in [6.07, 6.45) is 3.78. The SMILES string of the molecule is O=C1CC2(CCN(C(=O)c3cnc(OC4CCOC4)c(Cl)c3)CC2)Oc2ccccc21. The number of benzene rings is 1. The number of likely N-dealkylation sites (tertiary alicyclic amines) is 1. The maximum absolute atomic E-state index is 13.0. The first-order chi connectivity index (χ1) is 15.0. The van der Waals surface area contributed by atoms with E-state index in [-0.39, 0.29) is 17.8 Å². The van der Waals surface area contributed by atoms with Crippen LogP contribution < -0.4 is 9.47 Å². The summed E-state index contributed by atoms with van der Waals surface area (Å²) in [5.41, 5.74) is 0.514. The quantitative estimate of drug-likeness (QED) is 0.723. The number of piperidine rings is 1. The van der Waals surface area contributed by atoms with Crippen molar-refractivity contribution >= 4 is 23.3 Å².